The highest BCUT2D eigenvalue weighted by atomic mass is 127. The smallest absolute Gasteiger partial charge is 0.290 e. The van der Waals surface area contributed by atoms with Gasteiger partial charge in [-0.05, 0) is 43.4 Å². The predicted molar refractivity (Wildman–Crippen MR) is 148 cm³/mol. The summed E-state index contributed by atoms with van der Waals surface area (Å²) in [6.07, 6.45) is 3.34. The lowest BCUT2D eigenvalue weighted by Crippen LogP contribution is -2.29. The zero-order valence-electron chi connectivity index (χ0n) is 19.9. The molecule has 4 rings (SSSR count). The Hall–Kier alpha value is -3.71. The average Bonchev–Trinajstić information content (AvgIpc) is 3.26. The molecular weight excluding hydrogens is 573 g/mol. The Morgan fingerprint density at radius 1 is 1.14 bits per heavy atom. The third-order valence-corrected chi connectivity index (χ3v) is 5.84. The Balaban J connectivity index is 1.59. The fourth-order valence-electron chi connectivity index (χ4n) is 3.61. The van der Waals surface area contributed by atoms with Crippen LogP contribution in [0.2, 0.25) is 0 Å². The first-order valence-corrected chi connectivity index (χ1v) is 12.2. The number of aromatic nitrogens is 4. The number of hydrogen-bond acceptors (Lipinski definition) is 7. The number of para-hydroxylation sites is 1. The fraction of sp³-hybridized carbons (Fsp3) is 0.200. The summed E-state index contributed by atoms with van der Waals surface area (Å²) < 4.78 is 9.38. The van der Waals surface area contributed by atoms with Gasteiger partial charge < -0.3 is 15.4 Å². The van der Waals surface area contributed by atoms with Gasteiger partial charge in [0.05, 0.1) is 11.9 Å². The molecule has 1 amide bonds. The molecule has 11 heteroatoms. The molecule has 3 N–H and O–H groups in total. The lowest BCUT2D eigenvalue weighted by atomic mass is 10.1. The van der Waals surface area contributed by atoms with Crippen molar-refractivity contribution in [2.75, 3.05) is 32.9 Å². The quantitative estimate of drug-likeness (QED) is 0.172. The van der Waals surface area contributed by atoms with E-state index in [2.05, 4.69) is 38.2 Å². The van der Waals surface area contributed by atoms with Gasteiger partial charge in [-0.2, -0.15) is 10.2 Å². The van der Waals surface area contributed by atoms with Gasteiger partial charge in [-0.15, -0.1) is 0 Å². The first kappa shape index (κ1) is 25.4. The third kappa shape index (κ3) is 5.91. The number of carbonyl (C=O) groups is 1. The predicted octanol–water partition coefficient (Wildman–Crippen LogP) is 3.46. The molecule has 0 aliphatic rings. The van der Waals surface area contributed by atoms with Crippen molar-refractivity contribution < 1.29 is 9.53 Å². The van der Waals surface area contributed by atoms with E-state index in [-0.39, 0.29) is 11.7 Å². The number of aromatic amines is 1. The van der Waals surface area contributed by atoms with Gasteiger partial charge in [0.2, 0.25) is 5.91 Å². The summed E-state index contributed by atoms with van der Waals surface area (Å²) in [5, 5.41) is 11.5. The molecule has 0 fully saturated rings. The number of carbonyl (C=O) groups excluding carboxylic acids is 1. The Labute approximate surface area is 221 Å². The number of H-pyrrole nitrogens is 1. The van der Waals surface area contributed by atoms with Crippen molar-refractivity contribution in [3.63, 3.8) is 0 Å². The number of nitrogens with two attached hydrogens (primary N) is 1. The van der Waals surface area contributed by atoms with Crippen LogP contribution in [0.5, 0.6) is 11.5 Å². The van der Waals surface area contributed by atoms with Crippen molar-refractivity contribution in [2.45, 2.75) is 6.54 Å². The second-order valence-electron chi connectivity index (χ2n) is 8.12. The highest BCUT2D eigenvalue weighted by Crippen LogP contribution is 2.31. The van der Waals surface area contributed by atoms with Crippen LogP contribution in [0.25, 0.3) is 22.2 Å². The Morgan fingerprint density at radius 2 is 1.83 bits per heavy atom. The van der Waals surface area contributed by atoms with Crippen LogP contribution in [-0.2, 0) is 11.3 Å². The number of ether oxygens (including phenoxy) is 1. The number of amides is 1. The van der Waals surface area contributed by atoms with Crippen LogP contribution in [0.4, 0.5) is 5.82 Å². The third-order valence-electron chi connectivity index (χ3n) is 5.45. The van der Waals surface area contributed by atoms with Crippen molar-refractivity contribution in [3.8, 4) is 22.8 Å². The zero-order valence-corrected chi connectivity index (χ0v) is 22.0. The van der Waals surface area contributed by atoms with Gasteiger partial charge in [0.1, 0.15) is 22.7 Å². The van der Waals surface area contributed by atoms with Gasteiger partial charge in [0, 0.05) is 54.6 Å². The zero-order chi connectivity index (χ0) is 25.7. The van der Waals surface area contributed by atoms with E-state index in [0.717, 1.165) is 11.3 Å². The number of nitrogens with zero attached hydrogens (tertiary/aromatic N) is 5. The van der Waals surface area contributed by atoms with Crippen LogP contribution in [-0.4, -0.2) is 61.1 Å². The van der Waals surface area contributed by atoms with E-state index in [9.17, 15) is 9.59 Å². The topological polar surface area (TPSA) is 122 Å². The minimum Gasteiger partial charge on any atom is -0.457 e. The minimum absolute atomic E-state index is 0.131. The maximum atomic E-state index is 12.7. The second-order valence-corrected chi connectivity index (χ2v) is 9.77. The normalized spacial score (nSPS) is 11.4. The molecule has 0 spiro atoms. The lowest BCUT2D eigenvalue weighted by molar-refractivity contribution is -0.124. The van der Waals surface area contributed by atoms with Gasteiger partial charge in [-0.25, -0.2) is 8.21 Å². The summed E-state index contributed by atoms with van der Waals surface area (Å²) in [6.45, 7) is 1.32. The average molecular weight is 599 g/mol. The SMILES string of the molecule is CN(I)C/C=C/C(=O)N(C)CCn1nc(-c2ccc(Oc3ccccc3)cc2)c2c(N)n[nH]c(=O)c21. The van der Waals surface area contributed by atoms with E-state index >= 15 is 0 Å². The molecule has 0 aliphatic carbocycles. The molecule has 4 aromatic rings. The van der Waals surface area contributed by atoms with Crippen LogP contribution in [0.15, 0.2) is 71.5 Å². The van der Waals surface area contributed by atoms with Crippen molar-refractivity contribution in [3.05, 3.63) is 77.1 Å². The summed E-state index contributed by atoms with van der Waals surface area (Å²) in [6, 6.07) is 16.9. The van der Waals surface area contributed by atoms with E-state index in [1.807, 2.05) is 64.8 Å². The molecule has 186 valence electrons. The number of likely N-dealkylation sites (N-methyl/N-ethyl adjacent to an activating group) is 2. The van der Waals surface area contributed by atoms with Crippen molar-refractivity contribution in [1.82, 2.24) is 28.0 Å². The number of halogens is 1. The molecule has 10 nitrogen and oxygen atoms in total. The van der Waals surface area contributed by atoms with Gasteiger partial charge in [-0.3, -0.25) is 14.3 Å². The van der Waals surface area contributed by atoms with E-state index in [4.69, 9.17) is 10.5 Å². The number of nitrogen functional groups attached to an aromatic ring is 1. The molecule has 0 atom stereocenters. The van der Waals surface area contributed by atoms with Crippen LogP contribution >= 0.6 is 22.9 Å². The van der Waals surface area contributed by atoms with Gasteiger partial charge in [-0.1, -0.05) is 24.3 Å². The molecule has 2 aromatic carbocycles. The van der Waals surface area contributed by atoms with Gasteiger partial charge in [0.25, 0.3) is 5.56 Å². The number of nitrogens with one attached hydrogen (secondary N) is 1. The number of rotatable bonds is 9. The van der Waals surface area contributed by atoms with Crippen LogP contribution < -0.4 is 16.0 Å². The maximum absolute atomic E-state index is 12.7. The number of fused-ring (bicyclic) bond motifs is 1. The van der Waals surface area contributed by atoms with Crippen LogP contribution in [0.3, 0.4) is 0 Å². The van der Waals surface area contributed by atoms with E-state index in [1.54, 1.807) is 22.7 Å². The molecule has 0 saturated heterocycles. The lowest BCUT2D eigenvalue weighted by Gasteiger charge is -2.15. The molecule has 0 saturated carbocycles. The Bertz CT molecular complexity index is 1430. The van der Waals surface area contributed by atoms with Crippen molar-refractivity contribution >= 4 is 45.5 Å². The minimum atomic E-state index is -0.402. The molecule has 0 unspecified atom stereocenters. The van der Waals surface area contributed by atoms with Crippen LogP contribution in [0, 0.1) is 0 Å². The first-order chi connectivity index (χ1) is 17.3. The highest BCUT2D eigenvalue weighted by Gasteiger charge is 2.19. The molecule has 0 bridgehead atoms. The molecule has 0 radical (unpaired) electrons. The van der Waals surface area contributed by atoms with Gasteiger partial charge >= 0.3 is 0 Å². The second kappa shape index (κ2) is 11.4. The van der Waals surface area contributed by atoms with E-state index < -0.39 is 5.56 Å². The van der Waals surface area contributed by atoms with Crippen molar-refractivity contribution in [2.24, 2.45) is 0 Å². The molecule has 0 aliphatic heterocycles. The summed E-state index contributed by atoms with van der Waals surface area (Å²) in [7, 11) is 3.63. The standard InChI is InChI=1S/C25H26IN7O3/c1-31(20(34)9-6-14-32(2)26)15-16-33-23-21(24(27)28-29-25(23)35)22(30-33)17-10-12-19(13-11-17)36-18-7-4-3-5-8-18/h3-13H,14-16H2,1-2H3,(H2,27,28)(H,29,35)/b9-6+. The summed E-state index contributed by atoms with van der Waals surface area (Å²) in [5.74, 6) is 1.44. The molecule has 2 heterocycles. The Morgan fingerprint density at radius 3 is 2.53 bits per heavy atom. The Kier molecular flexibility index (Phi) is 8.00. The van der Waals surface area contributed by atoms with E-state index in [0.29, 0.717) is 42.0 Å². The summed E-state index contributed by atoms with van der Waals surface area (Å²) in [5.41, 5.74) is 7.35. The van der Waals surface area contributed by atoms with Gasteiger partial charge in [0.15, 0.2) is 5.82 Å². The molecule has 36 heavy (non-hydrogen) atoms. The highest BCUT2D eigenvalue weighted by molar-refractivity contribution is 14.1. The fourth-order valence-corrected chi connectivity index (χ4v) is 3.83. The van der Waals surface area contributed by atoms with E-state index in [1.165, 1.54) is 6.08 Å². The summed E-state index contributed by atoms with van der Waals surface area (Å²) >= 11 is 2.15. The summed E-state index contributed by atoms with van der Waals surface area (Å²) in [4.78, 5) is 26.7. The molecular formula is C25H26IN7O3. The van der Waals surface area contributed by atoms with Crippen LogP contribution in [0.1, 0.15) is 0 Å². The first-order valence-electron chi connectivity index (χ1n) is 11.2. The number of benzene rings is 2. The number of anilines is 1. The number of hydrogen-bond donors (Lipinski definition) is 2. The molecule has 2 aromatic heterocycles. The largest absolute Gasteiger partial charge is 0.457 e. The van der Waals surface area contributed by atoms with Crippen molar-refractivity contribution in [1.29, 1.82) is 0 Å². The maximum Gasteiger partial charge on any atom is 0.290 e. The monoisotopic (exact) mass is 599 g/mol.